The molecule has 0 nitrogen and oxygen atoms in total. The molecule has 15 heavy (non-hydrogen) atoms. The predicted octanol–water partition coefficient (Wildman–Crippen LogP) is 4.74. The molecule has 0 rings (SSSR count). The minimum Gasteiger partial charge on any atom is -0.106 e. The van der Waals surface area contributed by atoms with Crippen molar-refractivity contribution in [3.63, 3.8) is 0 Å². The summed E-state index contributed by atoms with van der Waals surface area (Å²) in [4.78, 5) is 0. The zero-order chi connectivity index (χ0) is 12.1. The van der Waals surface area contributed by atoms with Crippen molar-refractivity contribution in [3.05, 3.63) is 0 Å². The van der Waals surface area contributed by atoms with Gasteiger partial charge in [-0.05, 0) is 37.5 Å². The Labute approximate surface area is 96.8 Å². The number of hydrogen-bond acceptors (Lipinski definition) is 0. The molecule has 0 aromatic rings. The van der Waals surface area contributed by atoms with E-state index in [4.69, 9.17) is 0 Å². The Morgan fingerprint density at radius 3 is 1.87 bits per heavy atom. The van der Waals surface area contributed by atoms with Crippen molar-refractivity contribution in [2.24, 2.45) is 23.2 Å². The maximum atomic E-state index is 3.48. The summed E-state index contributed by atoms with van der Waals surface area (Å²) in [5, 5.41) is 0. The van der Waals surface area contributed by atoms with Crippen molar-refractivity contribution in [2.75, 3.05) is 0 Å². The first kappa shape index (κ1) is 14.6. The first-order valence-corrected chi connectivity index (χ1v) is 6.33. The van der Waals surface area contributed by atoms with Gasteiger partial charge in [0.05, 0.1) is 0 Å². The van der Waals surface area contributed by atoms with Gasteiger partial charge in [0.1, 0.15) is 0 Å². The lowest BCUT2D eigenvalue weighted by Gasteiger charge is -2.35. The smallest absolute Gasteiger partial charge is 0.0337 e. The van der Waals surface area contributed by atoms with E-state index in [-0.39, 0.29) is 5.41 Å². The molecule has 0 bridgehead atoms. The Kier molecular flexibility index (Phi) is 6.03. The first-order valence-electron chi connectivity index (χ1n) is 6.33. The average Bonchev–Trinajstić information content (AvgIpc) is 2.16. The fraction of sp³-hybridized carbons (Fsp3) is 0.867. The van der Waals surface area contributed by atoms with Crippen LogP contribution >= 0.6 is 0 Å². The molecule has 0 aromatic heterocycles. The molecular formula is C15H28. The number of hydrogen-bond donors (Lipinski definition) is 0. The highest BCUT2D eigenvalue weighted by atomic mass is 14.3. The Hall–Kier alpha value is -0.440. The summed E-state index contributed by atoms with van der Waals surface area (Å²) in [6.45, 7) is 15.8. The van der Waals surface area contributed by atoms with Gasteiger partial charge in [-0.2, -0.15) is 0 Å². The fourth-order valence-electron chi connectivity index (χ4n) is 2.13. The van der Waals surface area contributed by atoms with Crippen LogP contribution in [0, 0.1) is 35.0 Å². The van der Waals surface area contributed by atoms with E-state index in [1.807, 2.05) is 6.92 Å². The summed E-state index contributed by atoms with van der Waals surface area (Å²) in [6.07, 6.45) is 2.41. The van der Waals surface area contributed by atoms with Crippen LogP contribution < -0.4 is 0 Å². The normalized spacial score (nSPS) is 17.1. The third-order valence-electron chi connectivity index (χ3n) is 3.93. The lowest BCUT2D eigenvalue weighted by molar-refractivity contribution is 0.188. The van der Waals surface area contributed by atoms with Crippen LogP contribution in [0.5, 0.6) is 0 Å². The van der Waals surface area contributed by atoms with E-state index in [0.717, 1.165) is 11.8 Å². The molecule has 0 aliphatic carbocycles. The Balaban J connectivity index is 4.83. The van der Waals surface area contributed by atoms with Crippen molar-refractivity contribution >= 4 is 0 Å². The van der Waals surface area contributed by atoms with E-state index in [9.17, 15) is 0 Å². The van der Waals surface area contributed by atoms with Crippen LogP contribution in [0.1, 0.15) is 61.3 Å². The summed E-state index contributed by atoms with van der Waals surface area (Å²) in [5.41, 5.74) is 0.235. The molecule has 0 heteroatoms. The second-order valence-electron chi connectivity index (χ2n) is 5.46. The molecule has 0 radical (unpaired) electrons. The van der Waals surface area contributed by atoms with Crippen LogP contribution in [-0.2, 0) is 0 Å². The van der Waals surface area contributed by atoms with Gasteiger partial charge in [-0.15, -0.1) is 5.92 Å². The van der Waals surface area contributed by atoms with Crippen LogP contribution in [0.3, 0.4) is 0 Å². The lowest BCUT2D eigenvalue weighted by atomic mass is 9.68. The van der Waals surface area contributed by atoms with Gasteiger partial charge in [0.25, 0.3) is 0 Å². The molecule has 0 saturated heterocycles. The minimum absolute atomic E-state index is 0.235. The maximum absolute atomic E-state index is 3.48. The zero-order valence-electron chi connectivity index (χ0n) is 11.6. The third kappa shape index (κ3) is 3.90. The molecule has 0 N–H and O–H groups in total. The van der Waals surface area contributed by atoms with Gasteiger partial charge in [-0.1, -0.05) is 47.5 Å². The molecule has 88 valence electrons. The topological polar surface area (TPSA) is 0 Å². The largest absolute Gasteiger partial charge is 0.106 e. The molecule has 0 aromatic carbocycles. The van der Waals surface area contributed by atoms with Crippen molar-refractivity contribution < 1.29 is 0 Å². The summed E-state index contributed by atoms with van der Waals surface area (Å²) >= 11 is 0. The molecule has 0 saturated carbocycles. The highest BCUT2D eigenvalue weighted by molar-refractivity contribution is 5.12. The van der Waals surface area contributed by atoms with Gasteiger partial charge in [0.15, 0.2) is 0 Å². The standard InChI is InChI=1S/C15H28/c1-8-10-15(9-2,13(5)6)11-14(7)12(3)4/h12-14H,9,11H2,1-7H3. The molecule has 0 aliphatic rings. The van der Waals surface area contributed by atoms with Crippen LogP contribution in [0.4, 0.5) is 0 Å². The molecule has 0 heterocycles. The van der Waals surface area contributed by atoms with Crippen LogP contribution in [-0.4, -0.2) is 0 Å². The number of rotatable bonds is 5. The second-order valence-corrected chi connectivity index (χ2v) is 5.46. The maximum Gasteiger partial charge on any atom is 0.0337 e. The van der Waals surface area contributed by atoms with Gasteiger partial charge in [-0.3, -0.25) is 0 Å². The summed E-state index contributed by atoms with van der Waals surface area (Å²) in [7, 11) is 0. The lowest BCUT2D eigenvalue weighted by Crippen LogP contribution is -2.28. The van der Waals surface area contributed by atoms with Crippen LogP contribution in [0.15, 0.2) is 0 Å². The van der Waals surface area contributed by atoms with E-state index < -0.39 is 0 Å². The highest BCUT2D eigenvalue weighted by Gasteiger charge is 2.32. The Morgan fingerprint density at radius 1 is 1.07 bits per heavy atom. The van der Waals surface area contributed by atoms with Gasteiger partial charge in [0.2, 0.25) is 0 Å². The molecular weight excluding hydrogens is 180 g/mol. The average molecular weight is 208 g/mol. The molecule has 0 amide bonds. The third-order valence-corrected chi connectivity index (χ3v) is 3.93. The Morgan fingerprint density at radius 2 is 1.60 bits per heavy atom. The summed E-state index contributed by atoms with van der Waals surface area (Å²) in [5.74, 6) is 8.78. The SMILES string of the molecule is CC#CC(CC)(CC(C)C(C)C)C(C)C. The van der Waals surface area contributed by atoms with Crippen molar-refractivity contribution in [1.29, 1.82) is 0 Å². The van der Waals surface area contributed by atoms with Gasteiger partial charge in [0, 0.05) is 5.41 Å². The summed E-state index contributed by atoms with van der Waals surface area (Å²) < 4.78 is 0. The molecule has 0 spiro atoms. The van der Waals surface area contributed by atoms with Crippen molar-refractivity contribution in [3.8, 4) is 11.8 Å². The Bertz CT molecular complexity index is 226. The van der Waals surface area contributed by atoms with E-state index in [0.29, 0.717) is 5.92 Å². The quantitative estimate of drug-likeness (QED) is 0.572. The van der Waals surface area contributed by atoms with Gasteiger partial charge in [-0.25, -0.2) is 0 Å². The minimum atomic E-state index is 0.235. The first-order chi connectivity index (χ1) is 6.89. The van der Waals surface area contributed by atoms with Gasteiger partial charge >= 0.3 is 0 Å². The van der Waals surface area contributed by atoms with Crippen LogP contribution in [0.25, 0.3) is 0 Å². The second kappa shape index (κ2) is 6.21. The summed E-state index contributed by atoms with van der Waals surface area (Å²) in [6, 6.07) is 0. The van der Waals surface area contributed by atoms with Crippen molar-refractivity contribution in [2.45, 2.75) is 61.3 Å². The van der Waals surface area contributed by atoms with Crippen molar-refractivity contribution in [1.82, 2.24) is 0 Å². The highest BCUT2D eigenvalue weighted by Crippen LogP contribution is 2.39. The van der Waals surface area contributed by atoms with E-state index in [2.05, 4.69) is 53.4 Å². The fourth-order valence-corrected chi connectivity index (χ4v) is 2.13. The monoisotopic (exact) mass is 208 g/mol. The van der Waals surface area contributed by atoms with Crippen LogP contribution in [0.2, 0.25) is 0 Å². The van der Waals surface area contributed by atoms with E-state index in [1.165, 1.54) is 12.8 Å². The van der Waals surface area contributed by atoms with E-state index >= 15 is 0 Å². The van der Waals surface area contributed by atoms with E-state index in [1.54, 1.807) is 0 Å². The molecule has 0 aliphatic heterocycles. The van der Waals surface area contributed by atoms with Gasteiger partial charge < -0.3 is 0 Å². The molecule has 2 atom stereocenters. The molecule has 2 unspecified atom stereocenters. The molecule has 0 fully saturated rings. The zero-order valence-corrected chi connectivity index (χ0v) is 11.6. The predicted molar refractivity (Wildman–Crippen MR) is 69.6 cm³/mol.